The van der Waals surface area contributed by atoms with Crippen molar-refractivity contribution >= 4 is 17.7 Å². The summed E-state index contributed by atoms with van der Waals surface area (Å²) in [4.78, 5) is 33.4. The first kappa shape index (κ1) is 16.5. The number of carbonyl (C=O) groups is 1. The number of nitrogens with zero attached hydrogens (tertiary/aromatic N) is 4. The smallest absolute Gasteiger partial charge is 0.267 e. The Balaban J connectivity index is 1.50. The fraction of sp³-hybridized carbons (Fsp3) is 0.667. The highest BCUT2D eigenvalue weighted by atomic mass is 32.2. The Hall–Kier alpha value is -1.38. The lowest BCUT2D eigenvalue weighted by Gasteiger charge is -2.33. The van der Waals surface area contributed by atoms with Crippen LogP contribution in [0.15, 0.2) is 16.1 Å². The number of likely N-dealkylation sites (N-methyl/N-ethyl adjacent to an activating group) is 1. The van der Waals surface area contributed by atoms with Crippen molar-refractivity contribution in [3.8, 4) is 0 Å². The summed E-state index contributed by atoms with van der Waals surface area (Å²) in [5, 5.41) is 3.56. The van der Waals surface area contributed by atoms with Crippen molar-refractivity contribution in [2.75, 3.05) is 51.6 Å². The summed E-state index contributed by atoms with van der Waals surface area (Å²) < 4.78 is 1.59. The normalized spacial score (nSPS) is 18.8. The molecule has 1 aromatic heterocycles. The van der Waals surface area contributed by atoms with E-state index in [2.05, 4.69) is 27.0 Å². The van der Waals surface area contributed by atoms with Gasteiger partial charge in [-0.05, 0) is 6.54 Å². The van der Waals surface area contributed by atoms with Crippen molar-refractivity contribution in [3.05, 3.63) is 22.1 Å². The molecule has 0 atom stereocenters. The fourth-order valence-corrected chi connectivity index (χ4v) is 3.84. The molecule has 0 aliphatic carbocycles. The zero-order valence-corrected chi connectivity index (χ0v) is 14.3. The molecule has 0 radical (unpaired) electrons. The number of fused-ring (bicyclic) bond motifs is 1. The third-order valence-corrected chi connectivity index (χ3v) is 5.40. The molecule has 1 saturated heterocycles. The maximum absolute atomic E-state index is 12.3. The molecule has 0 unspecified atom stereocenters. The zero-order chi connectivity index (χ0) is 16.2. The van der Waals surface area contributed by atoms with E-state index in [-0.39, 0.29) is 17.0 Å². The van der Waals surface area contributed by atoms with E-state index in [1.165, 1.54) is 6.20 Å². The Morgan fingerprint density at radius 2 is 2.00 bits per heavy atom. The Kier molecular flexibility index (Phi) is 5.34. The largest absolute Gasteiger partial charge is 0.351 e. The number of thioether (sulfide) groups is 1. The molecule has 0 aromatic carbocycles. The molecule has 2 aliphatic rings. The number of carbonyl (C=O) groups excluding carboxylic acids is 1. The van der Waals surface area contributed by atoms with E-state index >= 15 is 0 Å². The lowest BCUT2D eigenvalue weighted by atomic mass is 10.3. The van der Waals surface area contributed by atoms with Crippen LogP contribution >= 0.6 is 11.8 Å². The second-order valence-electron chi connectivity index (χ2n) is 5.79. The molecule has 0 bridgehead atoms. The molecular weight excluding hydrogens is 314 g/mol. The van der Waals surface area contributed by atoms with Crippen LogP contribution in [0.25, 0.3) is 0 Å². The van der Waals surface area contributed by atoms with Gasteiger partial charge in [0.15, 0.2) is 5.16 Å². The number of nitrogens with one attached hydrogen (secondary N) is 1. The Bertz CT molecular complexity index is 625. The fourth-order valence-electron chi connectivity index (χ4n) is 2.93. The molecule has 3 rings (SSSR count). The second kappa shape index (κ2) is 7.46. The van der Waals surface area contributed by atoms with Gasteiger partial charge in [0, 0.05) is 57.8 Å². The number of rotatable bonds is 5. The molecule has 1 amide bonds. The minimum absolute atomic E-state index is 0.145. The van der Waals surface area contributed by atoms with Crippen LogP contribution in [-0.4, -0.2) is 76.8 Å². The van der Waals surface area contributed by atoms with E-state index in [0.29, 0.717) is 18.2 Å². The average molecular weight is 337 g/mol. The van der Waals surface area contributed by atoms with Crippen LogP contribution < -0.4 is 10.9 Å². The summed E-state index contributed by atoms with van der Waals surface area (Å²) in [5.41, 5.74) is -0.0823. The molecular formula is C15H23N5O2S. The van der Waals surface area contributed by atoms with Gasteiger partial charge in [0.1, 0.15) is 5.56 Å². The first-order valence-electron chi connectivity index (χ1n) is 8.14. The standard InChI is InChI=1S/C15H23N5O2S/c1-2-18-5-7-19(8-6-18)4-3-16-13(21)12-11-17-15-20(14(12)22)9-10-23-15/h11H,2-10H2,1H3,(H,16,21). The van der Waals surface area contributed by atoms with Gasteiger partial charge in [-0.3, -0.25) is 19.1 Å². The lowest BCUT2D eigenvalue weighted by molar-refractivity contribution is 0.0935. The maximum Gasteiger partial charge on any atom is 0.267 e. The first-order valence-corrected chi connectivity index (χ1v) is 9.13. The van der Waals surface area contributed by atoms with E-state index in [4.69, 9.17) is 0 Å². The highest BCUT2D eigenvalue weighted by Crippen LogP contribution is 2.20. The minimum atomic E-state index is -0.318. The van der Waals surface area contributed by atoms with E-state index in [0.717, 1.165) is 45.0 Å². The van der Waals surface area contributed by atoms with Crippen LogP contribution in [-0.2, 0) is 6.54 Å². The van der Waals surface area contributed by atoms with Crippen LogP contribution in [0.3, 0.4) is 0 Å². The summed E-state index contributed by atoms with van der Waals surface area (Å²) >= 11 is 1.55. The van der Waals surface area contributed by atoms with Crippen LogP contribution in [0.1, 0.15) is 17.3 Å². The predicted molar refractivity (Wildman–Crippen MR) is 90.1 cm³/mol. The van der Waals surface area contributed by atoms with Gasteiger partial charge in [-0.1, -0.05) is 18.7 Å². The van der Waals surface area contributed by atoms with E-state index in [1.807, 2.05) is 0 Å². The van der Waals surface area contributed by atoms with E-state index in [1.54, 1.807) is 16.3 Å². The molecule has 0 spiro atoms. The highest BCUT2D eigenvalue weighted by Gasteiger charge is 2.20. The minimum Gasteiger partial charge on any atom is -0.351 e. The monoisotopic (exact) mass is 337 g/mol. The van der Waals surface area contributed by atoms with Crippen LogP contribution in [0.2, 0.25) is 0 Å². The molecule has 0 saturated carbocycles. The van der Waals surface area contributed by atoms with Crippen molar-refractivity contribution in [3.63, 3.8) is 0 Å². The third kappa shape index (κ3) is 3.76. The topological polar surface area (TPSA) is 70.5 Å². The molecule has 3 heterocycles. The number of aromatic nitrogens is 2. The van der Waals surface area contributed by atoms with Crippen molar-refractivity contribution < 1.29 is 4.79 Å². The Morgan fingerprint density at radius 3 is 2.74 bits per heavy atom. The molecule has 1 aromatic rings. The molecule has 7 nitrogen and oxygen atoms in total. The van der Waals surface area contributed by atoms with Gasteiger partial charge in [-0.25, -0.2) is 4.98 Å². The van der Waals surface area contributed by atoms with Crippen LogP contribution in [0.4, 0.5) is 0 Å². The van der Waals surface area contributed by atoms with E-state index in [9.17, 15) is 9.59 Å². The summed E-state index contributed by atoms with van der Waals surface area (Å²) in [6.45, 7) is 9.51. The van der Waals surface area contributed by atoms with Gasteiger partial charge in [0.25, 0.3) is 11.5 Å². The van der Waals surface area contributed by atoms with Gasteiger partial charge in [-0.15, -0.1) is 0 Å². The number of hydrogen-bond acceptors (Lipinski definition) is 6. The molecule has 23 heavy (non-hydrogen) atoms. The highest BCUT2D eigenvalue weighted by molar-refractivity contribution is 7.99. The Morgan fingerprint density at radius 1 is 1.26 bits per heavy atom. The number of amides is 1. The zero-order valence-electron chi connectivity index (χ0n) is 13.5. The van der Waals surface area contributed by atoms with Crippen molar-refractivity contribution in [1.29, 1.82) is 0 Å². The van der Waals surface area contributed by atoms with Gasteiger partial charge >= 0.3 is 0 Å². The molecule has 1 fully saturated rings. The van der Waals surface area contributed by atoms with Crippen LogP contribution in [0.5, 0.6) is 0 Å². The molecule has 2 aliphatic heterocycles. The van der Waals surface area contributed by atoms with E-state index < -0.39 is 0 Å². The van der Waals surface area contributed by atoms with Gasteiger partial charge in [0.05, 0.1) is 0 Å². The molecule has 8 heteroatoms. The van der Waals surface area contributed by atoms with Crippen LogP contribution in [0, 0.1) is 0 Å². The number of hydrogen-bond donors (Lipinski definition) is 1. The van der Waals surface area contributed by atoms with Crippen molar-refractivity contribution in [2.45, 2.75) is 18.6 Å². The van der Waals surface area contributed by atoms with Gasteiger partial charge < -0.3 is 10.2 Å². The summed E-state index contributed by atoms with van der Waals surface area (Å²) in [7, 11) is 0. The van der Waals surface area contributed by atoms with Gasteiger partial charge in [0.2, 0.25) is 0 Å². The summed E-state index contributed by atoms with van der Waals surface area (Å²) in [5.74, 6) is 0.527. The maximum atomic E-state index is 12.3. The summed E-state index contributed by atoms with van der Waals surface area (Å²) in [6, 6.07) is 0. The third-order valence-electron chi connectivity index (χ3n) is 4.43. The second-order valence-corrected chi connectivity index (χ2v) is 6.85. The Labute approximate surface area is 140 Å². The first-order chi connectivity index (χ1) is 11.2. The quantitative estimate of drug-likeness (QED) is 0.745. The lowest BCUT2D eigenvalue weighted by Crippen LogP contribution is -2.48. The summed E-state index contributed by atoms with van der Waals surface area (Å²) in [6.07, 6.45) is 1.40. The molecule has 126 valence electrons. The van der Waals surface area contributed by atoms with Crippen molar-refractivity contribution in [1.82, 2.24) is 24.7 Å². The SMILES string of the molecule is CCN1CCN(CCNC(=O)c2cnc3n(c2=O)CCS3)CC1. The molecule has 1 N–H and O–H groups in total. The predicted octanol–water partition coefficient (Wildman–Crippen LogP) is -0.284. The van der Waals surface area contributed by atoms with Gasteiger partial charge in [-0.2, -0.15) is 0 Å². The average Bonchev–Trinajstić information content (AvgIpc) is 3.05. The van der Waals surface area contributed by atoms with Crippen molar-refractivity contribution in [2.24, 2.45) is 0 Å². The number of piperazine rings is 1.